The highest BCUT2D eigenvalue weighted by molar-refractivity contribution is 7.91. The molecule has 130 valence electrons. The van der Waals surface area contributed by atoms with Gasteiger partial charge in [-0.1, -0.05) is 12.1 Å². The number of sulfone groups is 1. The second-order valence-electron chi connectivity index (χ2n) is 5.19. The molecule has 8 heteroatoms. The van der Waals surface area contributed by atoms with Crippen LogP contribution in [0.2, 0.25) is 0 Å². The Morgan fingerprint density at radius 3 is 2.36 bits per heavy atom. The highest BCUT2D eigenvalue weighted by Crippen LogP contribution is 2.22. The van der Waals surface area contributed by atoms with Gasteiger partial charge in [-0.05, 0) is 35.9 Å². The lowest BCUT2D eigenvalue weighted by atomic mass is 10.2. The van der Waals surface area contributed by atoms with Gasteiger partial charge in [0.05, 0.1) is 4.90 Å². The summed E-state index contributed by atoms with van der Waals surface area (Å²) in [5.74, 6) is -3.01. The van der Waals surface area contributed by atoms with E-state index in [0.29, 0.717) is 16.9 Å². The van der Waals surface area contributed by atoms with Crippen molar-refractivity contribution in [3.8, 4) is 5.75 Å². The molecule has 2 aromatic carbocycles. The molecule has 0 amide bonds. The molecule has 3 rings (SSSR count). The molecule has 1 heterocycles. The van der Waals surface area contributed by atoms with Crippen LogP contribution in [0.15, 0.2) is 68.7 Å². The minimum atomic E-state index is -4.61. The molecular formula is C17H12F2O5S. The van der Waals surface area contributed by atoms with Gasteiger partial charge in [0.1, 0.15) is 17.9 Å². The average molecular weight is 366 g/mol. The summed E-state index contributed by atoms with van der Waals surface area (Å²) in [6.45, 7) is 0.0948. The van der Waals surface area contributed by atoms with Crippen LogP contribution in [-0.2, 0) is 16.4 Å². The van der Waals surface area contributed by atoms with Crippen molar-refractivity contribution in [2.24, 2.45) is 0 Å². The number of rotatable bonds is 5. The van der Waals surface area contributed by atoms with E-state index in [1.165, 1.54) is 18.2 Å². The van der Waals surface area contributed by atoms with Crippen LogP contribution in [0, 0.1) is 0 Å². The van der Waals surface area contributed by atoms with Crippen LogP contribution in [0.4, 0.5) is 8.78 Å². The third-order valence-electron chi connectivity index (χ3n) is 3.49. The van der Waals surface area contributed by atoms with Gasteiger partial charge in [-0.15, -0.1) is 0 Å². The van der Waals surface area contributed by atoms with E-state index in [1.54, 1.807) is 24.3 Å². The first-order chi connectivity index (χ1) is 11.9. The molecule has 0 aliphatic carbocycles. The number of halogens is 2. The van der Waals surface area contributed by atoms with E-state index in [0.717, 1.165) is 17.5 Å². The Bertz CT molecular complexity index is 1060. The van der Waals surface area contributed by atoms with E-state index in [4.69, 9.17) is 9.15 Å². The summed E-state index contributed by atoms with van der Waals surface area (Å²) in [5, 5.41) is 0.744. The van der Waals surface area contributed by atoms with E-state index in [9.17, 15) is 22.0 Å². The van der Waals surface area contributed by atoms with Crippen LogP contribution in [0.3, 0.4) is 0 Å². The molecule has 25 heavy (non-hydrogen) atoms. The fraction of sp³-hybridized carbons (Fsp3) is 0.118. The Balaban J connectivity index is 1.74. The lowest BCUT2D eigenvalue weighted by molar-refractivity contribution is 0.234. The van der Waals surface area contributed by atoms with Crippen molar-refractivity contribution in [1.29, 1.82) is 0 Å². The summed E-state index contributed by atoms with van der Waals surface area (Å²) >= 11 is 0. The lowest BCUT2D eigenvalue weighted by Gasteiger charge is -2.08. The molecule has 0 aliphatic heterocycles. The lowest BCUT2D eigenvalue weighted by Crippen LogP contribution is -2.11. The third kappa shape index (κ3) is 3.69. The number of fused-ring (bicyclic) bond motifs is 1. The Morgan fingerprint density at radius 1 is 1.00 bits per heavy atom. The zero-order valence-electron chi connectivity index (χ0n) is 12.7. The van der Waals surface area contributed by atoms with Gasteiger partial charge in [0.2, 0.25) is 9.84 Å². The van der Waals surface area contributed by atoms with Crippen molar-refractivity contribution in [1.82, 2.24) is 0 Å². The van der Waals surface area contributed by atoms with E-state index in [-0.39, 0.29) is 6.61 Å². The van der Waals surface area contributed by atoms with Gasteiger partial charge in [0.25, 0.3) is 0 Å². The Morgan fingerprint density at radius 2 is 1.68 bits per heavy atom. The molecule has 0 unspecified atom stereocenters. The number of hydrogen-bond donors (Lipinski definition) is 0. The second-order valence-corrected chi connectivity index (χ2v) is 7.11. The molecule has 0 saturated carbocycles. The fourth-order valence-corrected chi connectivity index (χ4v) is 2.90. The maximum atomic E-state index is 12.5. The minimum Gasteiger partial charge on any atom is -0.489 e. The summed E-state index contributed by atoms with van der Waals surface area (Å²) in [5.41, 5.74) is 0.506. The summed E-state index contributed by atoms with van der Waals surface area (Å²) in [6.07, 6.45) is 0. The number of alkyl halides is 2. The van der Waals surface area contributed by atoms with E-state index >= 15 is 0 Å². The molecule has 0 radical (unpaired) electrons. The smallest absolute Gasteiger partial charge is 0.341 e. The first kappa shape index (κ1) is 17.1. The average Bonchev–Trinajstić information content (AvgIpc) is 2.59. The summed E-state index contributed by atoms with van der Waals surface area (Å²) in [7, 11) is -4.61. The monoisotopic (exact) mass is 366 g/mol. The highest BCUT2D eigenvalue weighted by Gasteiger charge is 2.26. The fourth-order valence-electron chi connectivity index (χ4n) is 2.18. The van der Waals surface area contributed by atoms with Crippen LogP contribution in [-0.4, -0.2) is 14.2 Å². The number of benzene rings is 2. The normalized spacial score (nSPS) is 11.8. The predicted octanol–water partition coefficient (Wildman–Crippen LogP) is 3.37. The largest absolute Gasteiger partial charge is 0.489 e. The molecular weight excluding hydrogens is 354 g/mol. The maximum Gasteiger partial charge on any atom is 0.341 e. The van der Waals surface area contributed by atoms with E-state index in [1.807, 2.05) is 0 Å². The summed E-state index contributed by atoms with van der Waals surface area (Å²) < 4.78 is 58.3. The van der Waals surface area contributed by atoms with Gasteiger partial charge < -0.3 is 9.15 Å². The molecule has 0 N–H and O–H groups in total. The van der Waals surface area contributed by atoms with Crippen LogP contribution in [0.1, 0.15) is 5.56 Å². The van der Waals surface area contributed by atoms with E-state index < -0.39 is 26.1 Å². The molecule has 3 aromatic rings. The van der Waals surface area contributed by atoms with Crippen LogP contribution in [0.5, 0.6) is 5.75 Å². The Kier molecular flexibility index (Phi) is 4.54. The number of ether oxygens (including phenoxy) is 1. The molecule has 1 aromatic heterocycles. The molecule has 0 spiro atoms. The van der Waals surface area contributed by atoms with Crippen LogP contribution in [0.25, 0.3) is 11.0 Å². The molecule has 0 fully saturated rings. The molecule has 5 nitrogen and oxygen atoms in total. The van der Waals surface area contributed by atoms with E-state index in [2.05, 4.69) is 0 Å². The minimum absolute atomic E-state index is 0.0948. The quantitative estimate of drug-likeness (QED) is 0.648. The third-order valence-corrected chi connectivity index (χ3v) is 4.88. The van der Waals surface area contributed by atoms with Gasteiger partial charge in [0, 0.05) is 17.5 Å². The summed E-state index contributed by atoms with van der Waals surface area (Å²) in [6, 6.07) is 13.0. The topological polar surface area (TPSA) is 73.6 Å². The van der Waals surface area contributed by atoms with Crippen molar-refractivity contribution in [3.05, 3.63) is 70.6 Å². The molecule has 0 aliphatic rings. The first-order valence-corrected chi connectivity index (χ1v) is 8.68. The SMILES string of the molecule is O=c1ccc2ccc(OCc3ccc(S(=O)(=O)C(F)F)cc3)cc2o1. The van der Waals surface area contributed by atoms with Crippen molar-refractivity contribution < 1.29 is 26.4 Å². The Hall–Kier alpha value is -2.74. The van der Waals surface area contributed by atoms with Crippen molar-refractivity contribution in [2.45, 2.75) is 17.3 Å². The maximum absolute atomic E-state index is 12.5. The first-order valence-electron chi connectivity index (χ1n) is 7.14. The van der Waals surface area contributed by atoms with Gasteiger partial charge >= 0.3 is 11.4 Å². The molecule has 0 saturated heterocycles. The number of hydrogen-bond acceptors (Lipinski definition) is 5. The standard InChI is InChI=1S/C17H12F2O5S/c18-17(19)25(21,22)14-6-1-11(2-7-14)10-23-13-5-3-12-4-8-16(20)24-15(12)9-13/h1-9,17H,10H2. The molecule has 0 atom stereocenters. The summed E-state index contributed by atoms with van der Waals surface area (Å²) in [4.78, 5) is 10.8. The Labute approximate surface area is 141 Å². The van der Waals surface area contributed by atoms with Gasteiger partial charge in [-0.2, -0.15) is 8.78 Å². The highest BCUT2D eigenvalue weighted by atomic mass is 32.2. The van der Waals surface area contributed by atoms with Crippen molar-refractivity contribution >= 4 is 20.8 Å². The molecule has 0 bridgehead atoms. The van der Waals surface area contributed by atoms with Crippen LogP contribution >= 0.6 is 0 Å². The zero-order valence-corrected chi connectivity index (χ0v) is 13.5. The van der Waals surface area contributed by atoms with Crippen molar-refractivity contribution in [2.75, 3.05) is 0 Å². The predicted molar refractivity (Wildman–Crippen MR) is 86.4 cm³/mol. The zero-order chi connectivity index (χ0) is 18.0. The van der Waals surface area contributed by atoms with Crippen molar-refractivity contribution in [3.63, 3.8) is 0 Å². The second kappa shape index (κ2) is 6.64. The van der Waals surface area contributed by atoms with Gasteiger partial charge in [-0.25, -0.2) is 13.2 Å². The van der Waals surface area contributed by atoms with Gasteiger partial charge in [0.15, 0.2) is 0 Å². The van der Waals surface area contributed by atoms with Gasteiger partial charge in [-0.3, -0.25) is 0 Å². The van der Waals surface area contributed by atoms with Crippen LogP contribution < -0.4 is 10.4 Å².